The quantitative estimate of drug-likeness (QED) is 0.438. The molecule has 0 radical (unpaired) electrons. The summed E-state index contributed by atoms with van der Waals surface area (Å²) in [6, 6.07) is 0.586. The van der Waals surface area contributed by atoms with E-state index in [-0.39, 0.29) is 24.0 Å². The molecule has 0 amide bonds. The first-order valence-electron chi connectivity index (χ1n) is 5.45. The second-order valence-electron chi connectivity index (χ2n) is 4.54. The van der Waals surface area contributed by atoms with E-state index in [2.05, 4.69) is 30.8 Å². The summed E-state index contributed by atoms with van der Waals surface area (Å²) in [5.74, 6) is 1.02. The molecule has 5 heteroatoms. The number of rotatable bonds is 4. The summed E-state index contributed by atoms with van der Waals surface area (Å²) in [6.07, 6.45) is 0. The van der Waals surface area contributed by atoms with Crippen LogP contribution >= 0.6 is 24.0 Å². The van der Waals surface area contributed by atoms with Crippen LogP contribution in [0.1, 0.15) is 13.8 Å². The van der Waals surface area contributed by atoms with Gasteiger partial charge in [0.05, 0.1) is 6.54 Å². The Kier molecular flexibility index (Phi) is 10.4. The molecule has 16 heavy (non-hydrogen) atoms. The fraction of sp³-hybridized carbons (Fsp3) is 0.909. The summed E-state index contributed by atoms with van der Waals surface area (Å²) in [7, 11) is 10.2. The second-order valence-corrected chi connectivity index (χ2v) is 4.54. The van der Waals surface area contributed by atoms with Crippen molar-refractivity contribution in [2.75, 3.05) is 48.3 Å². The van der Waals surface area contributed by atoms with Gasteiger partial charge in [-0.3, -0.25) is 4.99 Å². The SMILES string of the molecule is CC(C)N(C)CCN=C(N(C)C)N(C)C.I. The van der Waals surface area contributed by atoms with E-state index in [1.54, 1.807) is 0 Å². The van der Waals surface area contributed by atoms with Crippen molar-refractivity contribution in [2.24, 2.45) is 4.99 Å². The van der Waals surface area contributed by atoms with Gasteiger partial charge in [0.25, 0.3) is 0 Å². The molecule has 0 saturated heterocycles. The lowest BCUT2D eigenvalue weighted by Crippen LogP contribution is -2.36. The van der Waals surface area contributed by atoms with Crippen molar-refractivity contribution >= 4 is 29.9 Å². The molecule has 98 valence electrons. The molecule has 0 bridgehead atoms. The van der Waals surface area contributed by atoms with Crippen molar-refractivity contribution in [3.05, 3.63) is 0 Å². The Morgan fingerprint density at radius 2 is 1.44 bits per heavy atom. The normalized spacial score (nSPS) is 10.1. The summed E-state index contributed by atoms with van der Waals surface area (Å²) in [5.41, 5.74) is 0. The van der Waals surface area contributed by atoms with E-state index in [1.165, 1.54) is 0 Å². The monoisotopic (exact) mass is 342 g/mol. The molecule has 0 rings (SSSR count). The first kappa shape index (κ1) is 18.3. The molecular formula is C11H27IN4. The molecule has 0 fully saturated rings. The predicted octanol–water partition coefficient (Wildman–Crippen LogP) is 1.42. The van der Waals surface area contributed by atoms with Gasteiger partial charge in [-0.25, -0.2) is 0 Å². The lowest BCUT2D eigenvalue weighted by molar-refractivity contribution is 0.281. The van der Waals surface area contributed by atoms with Gasteiger partial charge in [0.15, 0.2) is 5.96 Å². The van der Waals surface area contributed by atoms with Crippen LogP contribution in [0.25, 0.3) is 0 Å². The third-order valence-corrected chi connectivity index (χ3v) is 2.39. The van der Waals surface area contributed by atoms with Crippen LogP contribution < -0.4 is 0 Å². The molecular weight excluding hydrogens is 315 g/mol. The van der Waals surface area contributed by atoms with Crippen LogP contribution in [0.4, 0.5) is 0 Å². The second kappa shape index (κ2) is 9.04. The zero-order valence-electron chi connectivity index (χ0n) is 11.7. The molecule has 0 heterocycles. The van der Waals surface area contributed by atoms with Gasteiger partial charge in [-0.15, -0.1) is 24.0 Å². The highest BCUT2D eigenvalue weighted by atomic mass is 127. The third kappa shape index (κ3) is 7.27. The number of nitrogens with zero attached hydrogens (tertiary/aromatic N) is 4. The zero-order chi connectivity index (χ0) is 12.0. The molecule has 0 spiro atoms. The Balaban J connectivity index is 0. The van der Waals surface area contributed by atoms with Crippen molar-refractivity contribution in [2.45, 2.75) is 19.9 Å². The molecule has 0 N–H and O–H groups in total. The molecule has 0 saturated carbocycles. The summed E-state index contributed by atoms with van der Waals surface area (Å²) >= 11 is 0. The van der Waals surface area contributed by atoms with E-state index in [4.69, 9.17) is 0 Å². The van der Waals surface area contributed by atoms with Crippen molar-refractivity contribution in [3.8, 4) is 0 Å². The minimum absolute atomic E-state index is 0. The maximum Gasteiger partial charge on any atom is 0.195 e. The first-order valence-corrected chi connectivity index (χ1v) is 5.45. The third-order valence-electron chi connectivity index (χ3n) is 2.39. The number of halogens is 1. The van der Waals surface area contributed by atoms with E-state index >= 15 is 0 Å². The van der Waals surface area contributed by atoms with E-state index in [9.17, 15) is 0 Å². The van der Waals surface area contributed by atoms with Gasteiger partial charge in [-0.2, -0.15) is 0 Å². The standard InChI is InChI=1S/C11H26N4.HI/c1-10(2)15(7)9-8-12-11(13(3)4)14(5)6;/h10H,8-9H2,1-7H3;1H. The summed E-state index contributed by atoms with van der Waals surface area (Å²) < 4.78 is 0. The van der Waals surface area contributed by atoms with Crippen LogP contribution in [0.3, 0.4) is 0 Å². The zero-order valence-corrected chi connectivity index (χ0v) is 14.0. The van der Waals surface area contributed by atoms with Gasteiger partial charge in [0.1, 0.15) is 0 Å². The van der Waals surface area contributed by atoms with E-state index < -0.39 is 0 Å². The lowest BCUT2D eigenvalue weighted by atomic mass is 10.3. The predicted molar refractivity (Wildman–Crippen MR) is 82.9 cm³/mol. The lowest BCUT2D eigenvalue weighted by Gasteiger charge is -2.24. The fourth-order valence-corrected chi connectivity index (χ4v) is 1.25. The highest BCUT2D eigenvalue weighted by Gasteiger charge is 2.05. The molecule has 4 nitrogen and oxygen atoms in total. The largest absolute Gasteiger partial charge is 0.349 e. The van der Waals surface area contributed by atoms with Crippen LogP contribution in [-0.4, -0.2) is 75.0 Å². The fourth-order valence-electron chi connectivity index (χ4n) is 1.25. The van der Waals surface area contributed by atoms with E-state index in [0.717, 1.165) is 19.0 Å². The molecule has 0 aromatic heterocycles. The van der Waals surface area contributed by atoms with Crippen LogP contribution in [0.15, 0.2) is 4.99 Å². The molecule has 0 aliphatic carbocycles. The Labute approximate surface area is 118 Å². The van der Waals surface area contributed by atoms with Gasteiger partial charge >= 0.3 is 0 Å². The minimum atomic E-state index is 0. The molecule has 0 aromatic rings. The topological polar surface area (TPSA) is 22.1 Å². The number of guanidine groups is 1. The van der Waals surface area contributed by atoms with Gasteiger partial charge in [-0.1, -0.05) is 0 Å². The first-order chi connectivity index (χ1) is 6.86. The molecule has 0 unspecified atom stereocenters. The van der Waals surface area contributed by atoms with Crippen LogP contribution in [-0.2, 0) is 0 Å². The van der Waals surface area contributed by atoms with Gasteiger partial charge in [0.2, 0.25) is 0 Å². The summed E-state index contributed by atoms with van der Waals surface area (Å²) in [6.45, 7) is 6.24. The van der Waals surface area contributed by atoms with Crippen LogP contribution in [0, 0.1) is 0 Å². The Morgan fingerprint density at radius 3 is 1.75 bits per heavy atom. The Bertz CT molecular complexity index is 192. The summed E-state index contributed by atoms with van der Waals surface area (Å²) in [4.78, 5) is 10.9. The van der Waals surface area contributed by atoms with Crippen LogP contribution in [0.5, 0.6) is 0 Å². The molecule has 0 aliphatic rings. The maximum absolute atomic E-state index is 4.57. The minimum Gasteiger partial charge on any atom is -0.349 e. The highest BCUT2D eigenvalue weighted by molar-refractivity contribution is 14.0. The van der Waals surface area contributed by atoms with Crippen LogP contribution in [0.2, 0.25) is 0 Å². The van der Waals surface area contributed by atoms with Gasteiger partial charge in [-0.05, 0) is 20.9 Å². The number of hydrogen-bond acceptors (Lipinski definition) is 2. The van der Waals surface area contributed by atoms with Crippen molar-refractivity contribution in [1.82, 2.24) is 14.7 Å². The number of aliphatic imine (C=N–C) groups is 1. The van der Waals surface area contributed by atoms with Gasteiger partial charge < -0.3 is 14.7 Å². The van der Waals surface area contributed by atoms with Crippen molar-refractivity contribution in [3.63, 3.8) is 0 Å². The average molecular weight is 342 g/mol. The van der Waals surface area contributed by atoms with Gasteiger partial charge in [0, 0.05) is 40.8 Å². The number of hydrogen-bond donors (Lipinski definition) is 0. The van der Waals surface area contributed by atoms with Crippen molar-refractivity contribution in [1.29, 1.82) is 0 Å². The van der Waals surface area contributed by atoms with E-state index in [1.807, 2.05) is 38.0 Å². The smallest absolute Gasteiger partial charge is 0.195 e. The van der Waals surface area contributed by atoms with E-state index in [0.29, 0.717) is 6.04 Å². The molecule has 0 atom stereocenters. The molecule has 0 aromatic carbocycles. The number of likely N-dealkylation sites (N-methyl/N-ethyl adjacent to an activating group) is 1. The highest BCUT2D eigenvalue weighted by Crippen LogP contribution is 1.94. The average Bonchev–Trinajstić information content (AvgIpc) is 2.10. The Morgan fingerprint density at radius 1 is 1.00 bits per heavy atom. The van der Waals surface area contributed by atoms with Crippen molar-refractivity contribution < 1.29 is 0 Å². The summed E-state index contributed by atoms with van der Waals surface area (Å²) in [5, 5.41) is 0. The maximum atomic E-state index is 4.57. The Hall–Kier alpha value is -0.0400. The molecule has 0 aliphatic heterocycles.